The molecular weight excluding hydrogens is 1210 g/mol. The number of cyclic esters (lactones) is 1. The standard InChI is InChI=1S/C68H123N11O15/c1-36(2)29-49-63(88)75(23)52(32-39(7)8)60(85)69-45(18)68(93)94-58(42(13)14)67(92)76(24)53(33-40(9)10)61(86)71-50(30-37(3)4)64(89)77(25)55(41(11)12)66(91)78(26)56(57(83)44(17)27-28-79(43(15)16)47(20)81)62(87)72-54(46(19)80)65(90)74(22)35-48(82)34-73(21)51(31-38(5)6)59(84)70-49/h36-46,49-58,80,83H,27-35H2,1-26H3,(H,69,85)(H,70,84)(H,71,86)(H,72,87)/t44-,45-,46-,49-,50-,51+,52-,53-,54-,55-,56-,57-,58+/m1/s1. The number of carbonyl (C=O) groups is 12. The summed E-state index contributed by atoms with van der Waals surface area (Å²) in [6, 6.07) is -12.4. The van der Waals surface area contributed by atoms with Gasteiger partial charge in [0, 0.05) is 54.7 Å². The van der Waals surface area contributed by atoms with E-state index in [2.05, 4.69) is 21.3 Å². The Morgan fingerprint density at radius 1 is 0.500 bits per heavy atom. The molecule has 0 bridgehead atoms. The van der Waals surface area contributed by atoms with Gasteiger partial charge in [0.05, 0.1) is 31.3 Å². The van der Waals surface area contributed by atoms with E-state index in [-0.39, 0.29) is 93.2 Å². The molecule has 1 aliphatic rings. The van der Waals surface area contributed by atoms with Crippen LogP contribution in [0.5, 0.6) is 0 Å². The summed E-state index contributed by atoms with van der Waals surface area (Å²) in [6.45, 7) is 33.6. The van der Waals surface area contributed by atoms with E-state index in [4.69, 9.17) is 4.74 Å². The van der Waals surface area contributed by atoms with Crippen molar-refractivity contribution in [3.8, 4) is 0 Å². The highest BCUT2D eigenvalue weighted by Gasteiger charge is 2.46. The number of amides is 10. The van der Waals surface area contributed by atoms with Crippen molar-refractivity contribution in [2.24, 2.45) is 47.3 Å². The van der Waals surface area contributed by atoms with Gasteiger partial charge in [-0.3, -0.25) is 57.6 Å². The molecule has 6 N–H and O–H groups in total. The highest BCUT2D eigenvalue weighted by Crippen LogP contribution is 2.25. The molecule has 0 spiro atoms. The molecule has 1 fully saturated rings. The lowest BCUT2D eigenvalue weighted by atomic mass is 9.91. The van der Waals surface area contributed by atoms with Crippen molar-refractivity contribution in [1.82, 2.24) is 55.6 Å². The zero-order valence-corrected chi connectivity index (χ0v) is 61.8. The monoisotopic (exact) mass is 1330 g/mol. The van der Waals surface area contributed by atoms with E-state index in [9.17, 15) is 53.4 Å². The first kappa shape index (κ1) is 85.7. The van der Waals surface area contributed by atoms with E-state index in [0.29, 0.717) is 0 Å². The van der Waals surface area contributed by atoms with Crippen LogP contribution in [0.4, 0.5) is 0 Å². The second-order valence-electron chi connectivity index (χ2n) is 29.5. The van der Waals surface area contributed by atoms with Gasteiger partial charge in [0.1, 0.15) is 48.3 Å². The van der Waals surface area contributed by atoms with Crippen LogP contribution in [0.25, 0.3) is 0 Å². The van der Waals surface area contributed by atoms with Crippen LogP contribution in [-0.4, -0.2) is 256 Å². The fourth-order valence-corrected chi connectivity index (χ4v) is 11.9. The molecule has 540 valence electrons. The lowest BCUT2D eigenvalue weighted by molar-refractivity contribution is -0.166. The smallest absolute Gasteiger partial charge is 0.329 e. The molecule has 0 unspecified atom stereocenters. The summed E-state index contributed by atoms with van der Waals surface area (Å²) in [4.78, 5) is 183. The number of likely N-dealkylation sites (N-methyl/N-ethyl adjacent to an activating group) is 6. The average Bonchev–Trinajstić information content (AvgIpc) is 0.814. The minimum absolute atomic E-state index is 0.0573. The van der Waals surface area contributed by atoms with Crippen LogP contribution in [0.1, 0.15) is 177 Å². The van der Waals surface area contributed by atoms with E-state index in [1.807, 2.05) is 83.1 Å². The van der Waals surface area contributed by atoms with Crippen LogP contribution in [0, 0.1) is 47.3 Å². The zero-order chi connectivity index (χ0) is 73.0. The first-order valence-electron chi connectivity index (χ1n) is 33.8. The van der Waals surface area contributed by atoms with Crippen molar-refractivity contribution in [2.75, 3.05) is 61.9 Å². The SMILES string of the molecule is CC(=O)N(CC[C@@H](C)[C@@H](O)[C@@H]1C(=O)N[C@H]([C@@H](C)O)C(=O)N(C)CC(=O)CN(C)[C@@H](CC(C)C)C(=O)N[C@H](CC(C)C)C(=O)N(C)[C@H](CC(C)C)C(=O)N[C@H](C)C(=O)O[C@@H](C(C)C)C(=O)N(C)[C@H](CC(C)C)C(=O)N[C@H](CC(C)C)C(=O)N(C)[C@H](C(C)C)C(=O)N1C)C(C)C. The van der Waals surface area contributed by atoms with Gasteiger partial charge in [0.25, 0.3) is 5.91 Å². The lowest BCUT2D eigenvalue weighted by Gasteiger charge is -2.40. The van der Waals surface area contributed by atoms with Gasteiger partial charge in [-0.1, -0.05) is 104 Å². The number of Topliss-reactive ketones (excluding diaryl/α,β-unsaturated/α-hetero) is 1. The largest absolute Gasteiger partial charge is 0.450 e. The van der Waals surface area contributed by atoms with Gasteiger partial charge in [0.15, 0.2) is 11.9 Å². The summed E-state index contributed by atoms with van der Waals surface area (Å²) in [5.74, 6) is -11.7. The molecule has 94 heavy (non-hydrogen) atoms. The molecule has 1 heterocycles. The Labute approximate surface area is 561 Å². The van der Waals surface area contributed by atoms with Gasteiger partial charge in [-0.05, 0) is 121 Å². The molecule has 10 amide bonds. The Hall–Kier alpha value is -6.28. The van der Waals surface area contributed by atoms with Gasteiger partial charge in [-0.25, -0.2) is 4.79 Å². The molecule has 1 aliphatic heterocycles. The molecule has 0 aromatic rings. The first-order valence-corrected chi connectivity index (χ1v) is 33.8. The number of nitrogens with one attached hydrogen (secondary N) is 4. The molecule has 26 nitrogen and oxygen atoms in total. The first-order chi connectivity index (χ1) is 43.2. The Bertz CT molecular complexity index is 2560. The predicted molar refractivity (Wildman–Crippen MR) is 360 cm³/mol. The Kier molecular flexibility index (Phi) is 35.6. The highest BCUT2D eigenvalue weighted by molar-refractivity contribution is 5.99. The Morgan fingerprint density at radius 2 is 0.915 bits per heavy atom. The number of aliphatic hydroxyl groups is 2. The quantitative estimate of drug-likeness (QED) is 0.101. The fraction of sp³-hybridized carbons (Fsp3) is 0.824. The van der Waals surface area contributed by atoms with E-state index >= 15 is 14.4 Å². The normalized spacial score (nSPS) is 26.0. The fourth-order valence-electron chi connectivity index (χ4n) is 11.9. The maximum Gasteiger partial charge on any atom is 0.329 e. The molecule has 1 rings (SSSR count). The van der Waals surface area contributed by atoms with Crippen LogP contribution in [0.15, 0.2) is 0 Å². The van der Waals surface area contributed by atoms with E-state index in [1.54, 1.807) is 46.6 Å². The third-order valence-electron chi connectivity index (χ3n) is 17.3. The number of aliphatic hydroxyl groups excluding tert-OH is 2. The second-order valence-corrected chi connectivity index (χ2v) is 29.5. The number of hydrogen-bond donors (Lipinski definition) is 6. The second kappa shape index (κ2) is 39.1. The van der Waals surface area contributed by atoms with Gasteiger partial charge < -0.3 is 65.6 Å². The molecule has 1 saturated heterocycles. The van der Waals surface area contributed by atoms with Crippen molar-refractivity contribution >= 4 is 70.8 Å². The van der Waals surface area contributed by atoms with Crippen molar-refractivity contribution in [3.63, 3.8) is 0 Å². The molecule has 0 aromatic carbocycles. The number of hydrogen-bond acceptors (Lipinski definition) is 16. The molecule has 26 heteroatoms. The van der Waals surface area contributed by atoms with Gasteiger partial charge in [-0.2, -0.15) is 0 Å². The molecule has 0 radical (unpaired) electrons. The summed E-state index contributed by atoms with van der Waals surface area (Å²) in [7, 11) is 8.28. The van der Waals surface area contributed by atoms with E-state index < -0.39 is 162 Å². The molecule has 0 aromatic heterocycles. The van der Waals surface area contributed by atoms with Crippen LogP contribution in [-0.2, 0) is 62.3 Å². The number of esters is 1. The van der Waals surface area contributed by atoms with Gasteiger partial charge >= 0.3 is 5.97 Å². The number of ketones is 1. The Morgan fingerprint density at radius 3 is 1.33 bits per heavy atom. The minimum Gasteiger partial charge on any atom is -0.450 e. The molecule has 0 aliphatic carbocycles. The van der Waals surface area contributed by atoms with Gasteiger partial charge in [0.2, 0.25) is 53.2 Å². The summed E-state index contributed by atoms with van der Waals surface area (Å²) in [5.41, 5.74) is 0. The molecule has 0 saturated carbocycles. The maximum atomic E-state index is 15.3. The van der Waals surface area contributed by atoms with Crippen molar-refractivity contribution in [3.05, 3.63) is 0 Å². The third-order valence-corrected chi connectivity index (χ3v) is 17.3. The van der Waals surface area contributed by atoms with Crippen molar-refractivity contribution in [2.45, 2.75) is 256 Å². The lowest BCUT2D eigenvalue weighted by Crippen LogP contribution is -2.64. The number of carbonyl (C=O) groups excluding carboxylic acids is 12. The minimum atomic E-state index is -1.82. The van der Waals surface area contributed by atoms with E-state index in [1.165, 1.54) is 70.7 Å². The third kappa shape index (κ3) is 25.7. The molecule has 13 atom stereocenters. The predicted octanol–water partition coefficient (Wildman–Crippen LogP) is 3.07. The number of nitrogens with zero attached hydrogens (tertiary/aromatic N) is 7. The van der Waals surface area contributed by atoms with Crippen LogP contribution in [0.3, 0.4) is 0 Å². The molecular formula is C68H123N11O15. The zero-order valence-electron chi connectivity index (χ0n) is 61.8. The topological polar surface area (TPSA) is 325 Å². The van der Waals surface area contributed by atoms with Crippen molar-refractivity contribution in [1.29, 1.82) is 0 Å². The summed E-state index contributed by atoms with van der Waals surface area (Å²) in [6.07, 6.45) is -4.02. The van der Waals surface area contributed by atoms with E-state index in [0.717, 1.165) is 14.7 Å². The maximum absolute atomic E-state index is 15.3. The number of ether oxygens (including phenoxy) is 1. The summed E-state index contributed by atoms with van der Waals surface area (Å²) < 4.78 is 5.91. The Balaban J connectivity index is 4.43. The van der Waals surface area contributed by atoms with Crippen LogP contribution >= 0.6 is 0 Å². The van der Waals surface area contributed by atoms with Crippen molar-refractivity contribution < 1.29 is 72.5 Å². The number of rotatable bonds is 19. The summed E-state index contributed by atoms with van der Waals surface area (Å²) >= 11 is 0. The van der Waals surface area contributed by atoms with Gasteiger partial charge in [-0.15, -0.1) is 0 Å². The van der Waals surface area contributed by atoms with Crippen LogP contribution < -0.4 is 21.3 Å². The summed E-state index contributed by atoms with van der Waals surface area (Å²) in [5, 5.41) is 34.7. The highest BCUT2D eigenvalue weighted by atomic mass is 16.6. The average molecular weight is 1330 g/mol. The van der Waals surface area contributed by atoms with Crippen LogP contribution in [0.2, 0.25) is 0 Å².